The van der Waals surface area contributed by atoms with Crippen molar-refractivity contribution < 1.29 is 5.11 Å². The first-order valence-electron chi connectivity index (χ1n) is 6.24. The summed E-state index contributed by atoms with van der Waals surface area (Å²) >= 11 is 0. The number of hydrogen-bond donors (Lipinski definition) is 1. The second-order valence-electron chi connectivity index (χ2n) is 4.34. The zero-order chi connectivity index (χ0) is 13.0. The van der Waals surface area contributed by atoms with Gasteiger partial charge in [-0.1, -0.05) is 12.1 Å². The third-order valence-corrected chi connectivity index (χ3v) is 2.89. The first-order chi connectivity index (χ1) is 8.72. The van der Waals surface area contributed by atoms with Crippen molar-refractivity contribution in [1.29, 1.82) is 0 Å². The summed E-state index contributed by atoms with van der Waals surface area (Å²) < 4.78 is 3.69. The fraction of sp³-hybridized carbons (Fsp3) is 0.583. The Hall–Kier alpha value is -1.69. The Bertz CT molecular complexity index is 502. The molecule has 0 aromatic carbocycles. The van der Waals surface area contributed by atoms with Crippen molar-refractivity contribution in [1.82, 2.24) is 24.8 Å². The summed E-state index contributed by atoms with van der Waals surface area (Å²) in [5, 5.41) is 21.3. The Morgan fingerprint density at radius 2 is 2.17 bits per heavy atom. The van der Waals surface area contributed by atoms with Gasteiger partial charge in [0, 0.05) is 19.9 Å². The minimum Gasteiger partial charge on any atom is -0.396 e. The van der Waals surface area contributed by atoms with Crippen LogP contribution in [0.15, 0.2) is 12.3 Å². The van der Waals surface area contributed by atoms with Crippen molar-refractivity contribution >= 4 is 0 Å². The standard InChI is InChI=1S/C12H19N5O/c1-3-10-7-12(16(2)14-10)9-17-8-11(13-15-17)5-4-6-18/h7-8,18H,3-6,9H2,1-2H3. The van der Waals surface area contributed by atoms with Gasteiger partial charge in [0.05, 0.1) is 23.6 Å². The normalized spacial score (nSPS) is 11.1. The molecular weight excluding hydrogens is 230 g/mol. The number of rotatable bonds is 6. The van der Waals surface area contributed by atoms with Gasteiger partial charge in [-0.3, -0.25) is 4.68 Å². The van der Waals surface area contributed by atoms with E-state index in [2.05, 4.69) is 28.4 Å². The SMILES string of the molecule is CCc1cc(Cn2cc(CCCO)nn2)n(C)n1. The molecule has 18 heavy (non-hydrogen) atoms. The van der Waals surface area contributed by atoms with Crippen molar-refractivity contribution in [3.05, 3.63) is 29.3 Å². The number of aliphatic hydroxyl groups excluding tert-OH is 1. The van der Waals surface area contributed by atoms with Crippen LogP contribution in [0.5, 0.6) is 0 Å². The molecule has 0 bridgehead atoms. The second-order valence-corrected chi connectivity index (χ2v) is 4.34. The van der Waals surface area contributed by atoms with Gasteiger partial charge in [-0.15, -0.1) is 5.10 Å². The van der Waals surface area contributed by atoms with Gasteiger partial charge >= 0.3 is 0 Å². The highest BCUT2D eigenvalue weighted by molar-refractivity contribution is 5.10. The zero-order valence-electron chi connectivity index (χ0n) is 10.9. The molecule has 2 aromatic heterocycles. The van der Waals surface area contributed by atoms with E-state index in [0.717, 1.165) is 36.3 Å². The van der Waals surface area contributed by atoms with E-state index in [1.54, 1.807) is 0 Å². The van der Waals surface area contributed by atoms with Crippen LogP contribution in [0.3, 0.4) is 0 Å². The van der Waals surface area contributed by atoms with Crippen molar-refractivity contribution in [2.45, 2.75) is 32.7 Å². The van der Waals surface area contributed by atoms with Gasteiger partial charge < -0.3 is 5.11 Å². The molecule has 2 rings (SSSR count). The van der Waals surface area contributed by atoms with Gasteiger partial charge in [-0.25, -0.2) is 4.68 Å². The lowest BCUT2D eigenvalue weighted by Crippen LogP contribution is -2.06. The summed E-state index contributed by atoms with van der Waals surface area (Å²) in [6.45, 7) is 2.96. The second kappa shape index (κ2) is 5.77. The van der Waals surface area contributed by atoms with Crippen molar-refractivity contribution in [3.63, 3.8) is 0 Å². The Kier molecular flexibility index (Phi) is 4.09. The molecule has 0 spiro atoms. The molecular formula is C12H19N5O. The molecule has 98 valence electrons. The highest BCUT2D eigenvalue weighted by Gasteiger charge is 2.06. The van der Waals surface area contributed by atoms with Gasteiger partial charge in [-0.05, 0) is 25.3 Å². The largest absolute Gasteiger partial charge is 0.396 e. The average molecular weight is 249 g/mol. The first kappa shape index (κ1) is 12.8. The van der Waals surface area contributed by atoms with E-state index in [1.165, 1.54) is 0 Å². The van der Waals surface area contributed by atoms with Crippen molar-refractivity contribution in [2.75, 3.05) is 6.61 Å². The van der Waals surface area contributed by atoms with Crippen LogP contribution in [0.1, 0.15) is 30.4 Å². The number of hydrogen-bond acceptors (Lipinski definition) is 4. The molecule has 0 fully saturated rings. The summed E-state index contributed by atoms with van der Waals surface area (Å²) in [4.78, 5) is 0. The quantitative estimate of drug-likeness (QED) is 0.811. The number of aliphatic hydroxyl groups is 1. The van der Waals surface area contributed by atoms with Crippen LogP contribution < -0.4 is 0 Å². The molecule has 0 unspecified atom stereocenters. The third kappa shape index (κ3) is 2.95. The van der Waals surface area contributed by atoms with Crippen molar-refractivity contribution in [3.8, 4) is 0 Å². The minimum atomic E-state index is 0.189. The number of aromatic nitrogens is 5. The molecule has 1 N–H and O–H groups in total. The van der Waals surface area contributed by atoms with E-state index in [9.17, 15) is 0 Å². The molecule has 6 nitrogen and oxygen atoms in total. The molecule has 0 atom stereocenters. The fourth-order valence-electron chi connectivity index (χ4n) is 1.85. The van der Waals surface area contributed by atoms with Crippen LogP contribution in [-0.4, -0.2) is 36.5 Å². The number of aryl methyl sites for hydroxylation is 3. The van der Waals surface area contributed by atoms with E-state index in [1.807, 2.05) is 22.6 Å². The Labute approximate surface area is 106 Å². The molecule has 2 aromatic rings. The summed E-state index contributed by atoms with van der Waals surface area (Å²) in [7, 11) is 1.94. The summed E-state index contributed by atoms with van der Waals surface area (Å²) in [6, 6.07) is 2.09. The van der Waals surface area contributed by atoms with Crippen LogP contribution in [0, 0.1) is 0 Å². The zero-order valence-corrected chi connectivity index (χ0v) is 10.9. The fourth-order valence-corrected chi connectivity index (χ4v) is 1.85. The predicted molar refractivity (Wildman–Crippen MR) is 67.1 cm³/mol. The average Bonchev–Trinajstić information content (AvgIpc) is 2.95. The molecule has 6 heteroatoms. The molecule has 0 saturated carbocycles. The molecule has 0 aliphatic heterocycles. The molecule has 0 aliphatic carbocycles. The van der Waals surface area contributed by atoms with Gasteiger partial charge in [0.1, 0.15) is 0 Å². The lowest BCUT2D eigenvalue weighted by atomic mass is 10.2. The predicted octanol–water partition coefficient (Wildman–Crippen LogP) is 0.547. The Morgan fingerprint density at radius 1 is 1.33 bits per heavy atom. The molecule has 0 radical (unpaired) electrons. The first-order valence-corrected chi connectivity index (χ1v) is 6.24. The Morgan fingerprint density at radius 3 is 2.83 bits per heavy atom. The monoisotopic (exact) mass is 249 g/mol. The lowest BCUT2D eigenvalue weighted by Gasteiger charge is -2.00. The maximum Gasteiger partial charge on any atom is 0.0846 e. The van der Waals surface area contributed by atoms with Crippen molar-refractivity contribution in [2.24, 2.45) is 7.05 Å². The highest BCUT2D eigenvalue weighted by Crippen LogP contribution is 2.06. The summed E-state index contributed by atoms with van der Waals surface area (Å²) in [5.41, 5.74) is 3.13. The number of nitrogens with zero attached hydrogens (tertiary/aromatic N) is 5. The van der Waals surface area contributed by atoms with Crippen LogP contribution in [0.25, 0.3) is 0 Å². The smallest absolute Gasteiger partial charge is 0.0846 e. The topological polar surface area (TPSA) is 68.8 Å². The third-order valence-electron chi connectivity index (χ3n) is 2.89. The van der Waals surface area contributed by atoms with Gasteiger partial charge in [0.15, 0.2) is 0 Å². The van der Waals surface area contributed by atoms with E-state index in [0.29, 0.717) is 6.54 Å². The summed E-state index contributed by atoms with van der Waals surface area (Å²) in [5.74, 6) is 0. The van der Waals surface area contributed by atoms with Gasteiger partial charge in [0.2, 0.25) is 0 Å². The van der Waals surface area contributed by atoms with E-state index in [-0.39, 0.29) is 6.61 Å². The summed E-state index contributed by atoms with van der Waals surface area (Å²) in [6.07, 6.45) is 4.35. The van der Waals surface area contributed by atoms with E-state index < -0.39 is 0 Å². The molecule has 0 amide bonds. The van der Waals surface area contributed by atoms with Gasteiger partial charge in [0.25, 0.3) is 0 Å². The van der Waals surface area contributed by atoms with Crippen LogP contribution in [0.4, 0.5) is 0 Å². The van der Waals surface area contributed by atoms with E-state index in [4.69, 9.17) is 5.11 Å². The maximum absolute atomic E-state index is 8.77. The van der Waals surface area contributed by atoms with Crippen LogP contribution in [0.2, 0.25) is 0 Å². The van der Waals surface area contributed by atoms with Crippen LogP contribution in [-0.2, 0) is 26.4 Å². The maximum atomic E-state index is 8.77. The molecule has 0 saturated heterocycles. The highest BCUT2D eigenvalue weighted by atomic mass is 16.2. The molecule has 0 aliphatic rings. The minimum absolute atomic E-state index is 0.189. The molecule has 2 heterocycles. The lowest BCUT2D eigenvalue weighted by molar-refractivity contribution is 0.288. The van der Waals surface area contributed by atoms with Gasteiger partial charge in [-0.2, -0.15) is 5.10 Å². The van der Waals surface area contributed by atoms with E-state index >= 15 is 0 Å². The Balaban J connectivity index is 2.04. The van der Waals surface area contributed by atoms with Crippen LogP contribution >= 0.6 is 0 Å².